The van der Waals surface area contributed by atoms with Crippen LogP contribution in [0, 0.1) is 5.82 Å². The first-order valence-electron chi connectivity index (χ1n) is 5.53. The molecule has 0 bridgehead atoms. The normalized spacial score (nSPS) is 10.2. The van der Waals surface area contributed by atoms with Gasteiger partial charge in [-0.15, -0.1) is 0 Å². The molecule has 0 aliphatic rings. The molecule has 0 aliphatic heterocycles. The van der Waals surface area contributed by atoms with E-state index >= 15 is 0 Å². The number of rotatable bonds is 4. The van der Waals surface area contributed by atoms with E-state index in [0.29, 0.717) is 6.61 Å². The van der Waals surface area contributed by atoms with E-state index in [1.54, 1.807) is 6.07 Å². The van der Waals surface area contributed by atoms with Crippen molar-refractivity contribution in [3.8, 4) is 5.75 Å². The molecule has 1 N–H and O–H groups in total. The average Bonchev–Trinajstić information content (AvgIpc) is 2.40. The molecule has 0 atom stereocenters. The van der Waals surface area contributed by atoms with Crippen LogP contribution in [0.15, 0.2) is 46.9 Å². The van der Waals surface area contributed by atoms with Crippen LogP contribution in [0.1, 0.15) is 5.56 Å². The molecular weight excluding hydrogens is 297 g/mol. The van der Waals surface area contributed by atoms with Crippen molar-refractivity contribution in [3.63, 3.8) is 0 Å². The van der Waals surface area contributed by atoms with Gasteiger partial charge in [0, 0.05) is 22.8 Å². The van der Waals surface area contributed by atoms with Crippen molar-refractivity contribution in [1.82, 2.24) is 0 Å². The molecule has 0 saturated carbocycles. The fraction of sp³-hybridized carbons (Fsp3) is 0.143. The van der Waals surface area contributed by atoms with Gasteiger partial charge in [-0.05, 0) is 42.5 Å². The summed E-state index contributed by atoms with van der Waals surface area (Å²) in [4.78, 5) is 0. The molecule has 2 aromatic carbocycles. The highest BCUT2D eigenvalue weighted by atomic mass is 79.9. The van der Waals surface area contributed by atoms with Gasteiger partial charge in [-0.2, -0.15) is 0 Å². The van der Waals surface area contributed by atoms with Crippen LogP contribution in [0.25, 0.3) is 0 Å². The van der Waals surface area contributed by atoms with E-state index in [1.165, 1.54) is 12.1 Å². The molecule has 94 valence electrons. The van der Waals surface area contributed by atoms with Crippen molar-refractivity contribution in [3.05, 3.63) is 58.3 Å². The van der Waals surface area contributed by atoms with E-state index in [0.717, 1.165) is 21.5 Å². The second-order valence-electron chi connectivity index (χ2n) is 3.80. The Labute approximate surface area is 114 Å². The zero-order valence-electron chi connectivity index (χ0n) is 9.91. The van der Waals surface area contributed by atoms with Gasteiger partial charge in [0.25, 0.3) is 0 Å². The van der Waals surface area contributed by atoms with Crippen LogP contribution in [0.4, 0.5) is 10.1 Å². The maximum Gasteiger partial charge on any atom is 0.123 e. The van der Waals surface area contributed by atoms with Crippen LogP contribution < -0.4 is 10.1 Å². The summed E-state index contributed by atoms with van der Waals surface area (Å²) in [6, 6.07) is 12.2. The van der Waals surface area contributed by atoms with Crippen LogP contribution in [0.5, 0.6) is 5.75 Å². The molecule has 0 aliphatic carbocycles. The standard InChI is InChI=1S/C14H13BrFNO/c1-17-12-3-5-13(6-4-12)18-9-10-8-11(16)2-7-14(10)15/h2-8,17H,9H2,1H3. The molecule has 0 unspecified atom stereocenters. The highest BCUT2D eigenvalue weighted by Gasteiger charge is 2.03. The van der Waals surface area contributed by atoms with Gasteiger partial charge in [-0.25, -0.2) is 4.39 Å². The van der Waals surface area contributed by atoms with Crippen LogP contribution in [-0.2, 0) is 6.61 Å². The highest BCUT2D eigenvalue weighted by Crippen LogP contribution is 2.21. The van der Waals surface area contributed by atoms with Crippen LogP contribution in [0.3, 0.4) is 0 Å². The molecule has 0 amide bonds. The fourth-order valence-corrected chi connectivity index (χ4v) is 1.89. The lowest BCUT2D eigenvalue weighted by Gasteiger charge is -2.09. The summed E-state index contributed by atoms with van der Waals surface area (Å²) in [6.45, 7) is 0.331. The second-order valence-corrected chi connectivity index (χ2v) is 4.65. The minimum absolute atomic E-state index is 0.262. The maximum atomic E-state index is 13.1. The number of halogens is 2. The smallest absolute Gasteiger partial charge is 0.123 e. The Morgan fingerprint density at radius 3 is 2.56 bits per heavy atom. The van der Waals surface area contributed by atoms with E-state index in [1.807, 2.05) is 31.3 Å². The SMILES string of the molecule is CNc1ccc(OCc2cc(F)ccc2Br)cc1. The summed E-state index contributed by atoms with van der Waals surface area (Å²) in [5.74, 6) is 0.493. The third-order valence-corrected chi connectivity index (χ3v) is 3.32. The molecule has 18 heavy (non-hydrogen) atoms. The molecule has 0 heterocycles. The predicted octanol–water partition coefficient (Wildman–Crippen LogP) is 4.21. The van der Waals surface area contributed by atoms with Crippen LogP contribution in [0.2, 0.25) is 0 Å². The van der Waals surface area contributed by atoms with E-state index in [-0.39, 0.29) is 5.82 Å². The third-order valence-electron chi connectivity index (χ3n) is 2.55. The van der Waals surface area contributed by atoms with Crippen molar-refractivity contribution in [1.29, 1.82) is 0 Å². The molecule has 2 rings (SSSR count). The predicted molar refractivity (Wildman–Crippen MR) is 74.4 cm³/mol. The first-order valence-corrected chi connectivity index (χ1v) is 6.33. The summed E-state index contributed by atoms with van der Waals surface area (Å²) in [6.07, 6.45) is 0. The van der Waals surface area contributed by atoms with Gasteiger partial charge >= 0.3 is 0 Å². The summed E-state index contributed by atoms with van der Waals surface area (Å²) in [7, 11) is 1.86. The lowest BCUT2D eigenvalue weighted by molar-refractivity contribution is 0.305. The summed E-state index contributed by atoms with van der Waals surface area (Å²) >= 11 is 3.37. The zero-order chi connectivity index (χ0) is 13.0. The van der Waals surface area contributed by atoms with Gasteiger partial charge in [0.15, 0.2) is 0 Å². The summed E-state index contributed by atoms with van der Waals surface area (Å²) in [5, 5.41) is 3.03. The molecule has 0 radical (unpaired) electrons. The van der Waals surface area contributed by atoms with Gasteiger partial charge in [-0.1, -0.05) is 15.9 Å². The lowest BCUT2D eigenvalue weighted by Crippen LogP contribution is -1.97. The Balaban J connectivity index is 2.04. The minimum atomic E-state index is -0.262. The highest BCUT2D eigenvalue weighted by molar-refractivity contribution is 9.10. The number of hydrogen-bond donors (Lipinski definition) is 1. The first kappa shape index (κ1) is 12.9. The van der Waals surface area contributed by atoms with E-state index in [9.17, 15) is 4.39 Å². The minimum Gasteiger partial charge on any atom is -0.489 e. The van der Waals surface area contributed by atoms with Gasteiger partial charge in [-0.3, -0.25) is 0 Å². The third kappa shape index (κ3) is 3.23. The molecule has 0 fully saturated rings. The molecule has 2 aromatic rings. The molecule has 0 spiro atoms. The Morgan fingerprint density at radius 1 is 1.17 bits per heavy atom. The number of benzene rings is 2. The number of hydrogen-bond acceptors (Lipinski definition) is 2. The van der Waals surface area contributed by atoms with Gasteiger partial charge < -0.3 is 10.1 Å². The van der Waals surface area contributed by atoms with Gasteiger partial charge in [0.2, 0.25) is 0 Å². The molecular formula is C14H13BrFNO. The first-order chi connectivity index (χ1) is 8.69. The van der Waals surface area contributed by atoms with Crippen molar-refractivity contribution in [2.24, 2.45) is 0 Å². The monoisotopic (exact) mass is 309 g/mol. The van der Waals surface area contributed by atoms with Crippen molar-refractivity contribution < 1.29 is 9.13 Å². The molecule has 4 heteroatoms. The van der Waals surface area contributed by atoms with Crippen molar-refractivity contribution in [2.75, 3.05) is 12.4 Å². The average molecular weight is 310 g/mol. The Hall–Kier alpha value is -1.55. The number of ether oxygens (including phenoxy) is 1. The number of nitrogens with one attached hydrogen (secondary N) is 1. The van der Waals surface area contributed by atoms with Crippen LogP contribution in [-0.4, -0.2) is 7.05 Å². The van der Waals surface area contributed by atoms with E-state index in [2.05, 4.69) is 21.2 Å². The summed E-state index contributed by atoms with van der Waals surface area (Å²) in [5.41, 5.74) is 1.81. The quantitative estimate of drug-likeness (QED) is 0.913. The van der Waals surface area contributed by atoms with Gasteiger partial charge in [0.1, 0.15) is 18.2 Å². The van der Waals surface area contributed by atoms with Crippen molar-refractivity contribution in [2.45, 2.75) is 6.61 Å². The van der Waals surface area contributed by atoms with E-state index < -0.39 is 0 Å². The maximum absolute atomic E-state index is 13.1. The number of anilines is 1. The van der Waals surface area contributed by atoms with E-state index in [4.69, 9.17) is 4.74 Å². The fourth-order valence-electron chi connectivity index (χ4n) is 1.53. The van der Waals surface area contributed by atoms with Gasteiger partial charge in [0.05, 0.1) is 0 Å². The zero-order valence-corrected chi connectivity index (χ0v) is 11.5. The largest absolute Gasteiger partial charge is 0.489 e. The molecule has 2 nitrogen and oxygen atoms in total. The Kier molecular flexibility index (Phi) is 4.20. The molecule has 0 aromatic heterocycles. The second kappa shape index (κ2) is 5.87. The topological polar surface area (TPSA) is 21.3 Å². The van der Waals surface area contributed by atoms with Crippen molar-refractivity contribution >= 4 is 21.6 Å². The Bertz CT molecular complexity index is 528. The lowest BCUT2D eigenvalue weighted by atomic mass is 10.2. The van der Waals surface area contributed by atoms with Crippen LogP contribution >= 0.6 is 15.9 Å². The molecule has 0 saturated heterocycles. The Morgan fingerprint density at radius 2 is 1.89 bits per heavy atom. The summed E-state index contributed by atoms with van der Waals surface area (Å²) < 4.78 is 19.5.